The Morgan fingerprint density at radius 1 is 1.04 bits per heavy atom. The van der Waals surface area contributed by atoms with Gasteiger partial charge in [-0.05, 0) is 65.1 Å². The Balaban J connectivity index is 1.95. The molecule has 1 aromatic carbocycles. The Morgan fingerprint density at radius 3 is 2.25 bits per heavy atom. The van der Waals surface area contributed by atoms with Gasteiger partial charge in [0.2, 0.25) is 5.89 Å². The molecule has 0 aliphatic heterocycles. The first-order valence-electron chi connectivity index (χ1n) is 7.99. The standard InChI is InChI=1S/C18H26N2O3S/c1-17(2,3)21-12-11-18(4,5)23-14-9-7-13(8-10-14)15-19-20-16(22-15)24-6/h7-10H,11-12H2,1-6H3. The van der Waals surface area contributed by atoms with Gasteiger partial charge in [0, 0.05) is 12.0 Å². The van der Waals surface area contributed by atoms with Gasteiger partial charge in [-0.25, -0.2) is 0 Å². The molecule has 0 N–H and O–H groups in total. The largest absolute Gasteiger partial charge is 0.488 e. The molecular weight excluding hydrogens is 324 g/mol. The van der Waals surface area contributed by atoms with E-state index in [1.807, 2.05) is 30.5 Å². The van der Waals surface area contributed by atoms with Crippen molar-refractivity contribution in [3.05, 3.63) is 24.3 Å². The maximum absolute atomic E-state index is 6.08. The monoisotopic (exact) mass is 350 g/mol. The van der Waals surface area contributed by atoms with Crippen LogP contribution in [0, 0.1) is 0 Å². The van der Waals surface area contributed by atoms with Gasteiger partial charge in [-0.15, -0.1) is 10.2 Å². The lowest BCUT2D eigenvalue weighted by Crippen LogP contribution is -2.31. The first-order chi connectivity index (χ1) is 11.2. The topological polar surface area (TPSA) is 57.4 Å². The van der Waals surface area contributed by atoms with Crippen LogP contribution in [0.15, 0.2) is 33.9 Å². The fraction of sp³-hybridized carbons (Fsp3) is 0.556. The van der Waals surface area contributed by atoms with Gasteiger partial charge in [0.1, 0.15) is 11.4 Å². The quantitative estimate of drug-likeness (QED) is 0.667. The van der Waals surface area contributed by atoms with Crippen molar-refractivity contribution in [1.29, 1.82) is 0 Å². The van der Waals surface area contributed by atoms with E-state index in [1.54, 1.807) is 0 Å². The molecule has 2 aromatic rings. The van der Waals surface area contributed by atoms with E-state index in [0.29, 0.717) is 17.7 Å². The lowest BCUT2D eigenvalue weighted by atomic mass is 10.1. The molecule has 24 heavy (non-hydrogen) atoms. The van der Waals surface area contributed by atoms with Crippen molar-refractivity contribution >= 4 is 11.8 Å². The minimum absolute atomic E-state index is 0.128. The molecule has 6 heteroatoms. The van der Waals surface area contributed by atoms with E-state index < -0.39 is 0 Å². The summed E-state index contributed by atoms with van der Waals surface area (Å²) in [5.74, 6) is 1.33. The summed E-state index contributed by atoms with van der Waals surface area (Å²) in [5.41, 5.74) is 0.449. The van der Waals surface area contributed by atoms with Crippen molar-refractivity contribution in [2.45, 2.75) is 57.5 Å². The van der Waals surface area contributed by atoms with Gasteiger partial charge >= 0.3 is 0 Å². The molecule has 0 spiro atoms. The molecular formula is C18H26N2O3S. The van der Waals surface area contributed by atoms with Crippen molar-refractivity contribution in [1.82, 2.24) is 10.2 Å². The van der Waals surface area contributed by atoms with Gasteiger partial charge < -0.3 is 13.9 Å². The maximum atomic E-state index is 6.08. The Morgan fingerprint density at radius 2 is 1.71 bits per heavy atom. The Kier molecular flexibility index (Phi) is 5.93. The highest BCUT2D eigenvalue weighted by Crippen LogP contribution is 2.26. The van der Waals surface area contributed by atoms with Crippen LogP contribution in [0.5, 0.6) is 5.75 Å². The van der Waals surface area contributed by atoms with E-state index >= 15 is 0 Å². The first-order valence-corrected chi connectivity index (χ1v) is 9.22. The van der Waals surface area contributed by atoms with E-state index in [-0.39, 0.29) is 11.2 Å². The highest BCUT2D eigenvalue weighted by Gasteiger charge is 2.21. The smallest absolute Gasteiger partial charge is 0.276 e. The van der Waals surface area contributed by atoms with Gasteiger partial charge in [0.25, 0.3) is 5.22 Å². The molecule has 1 heterocycles. The fourth-order valence-corrected chi connectivity index (χ4v) is 2.33. The van der Waals surface area contributed by atoms with E-state index in [0.717, 1.165) is 17.7 Å². The number of hydrogen-bond acceptors (Lipinski definition) is 6. The average Bonchev–Trinajstić information content (AvgIpc) is 2.95. The molecule has 0 amide bonds. The zero-order chi connectivity index (χ0) is 17.8. The van der Waals surface area contributed by atoms with Crippen molar-refractivity contribution in [2.75, 3.05) is 12.9 Å². The summed E-state index contributed by atoms with van der Waals surface area (Å²) >= 11 is 1.43. The summed E-state index contributed by atoms with van der Waals surface area (Å²) in [6.07, 6.45) is 2.71. The summed E-state index contributed by atoms with van der Waals surface area (Å²) in [6, 6.07) is 7.69. The third-order valence-corrected chi connectivity index (χ3v) is 3.83. The SMILES string of the molecule is CSc1nnc(-c2ccc(OC(C)(C)CCOC(C)(C)C)cc2)o1. The van der Waals surface area contributed by atoms with E-state index in [9.17, 15) is 0 Å². The molecule has 0 aliphatic carbocycles. The van der Waals surface area contributed by atoms with Crippen molar-refractivity contribution in [2.24, 2.45) is 0 Å². The number of hydrogen-bond donors (Lipinski definition) is 0. The molecule has 0 aliphatic rings. The second-order valence-corrected chi connectivity index (χ2v) is 7.93. The third-order valence-electron chi connectivity index (χ3n) is 3.32. The molecule has 0 fully saturated rings. The van der Waals surface area contributed by atoms with E-state index in [4.69, 9.17) is 13.9 Å². The zero-order valence-corrected chi connectivity index (χ0v) is 16.1. The molecule has 0 bridgehead atoms. The van der Waals surface area contributed by atoms with Crippen LogP contribution < -0.4 is 4.74 Å². The number of benzene rings is 1. The lowest BCUT2D eigenvalue weighted by Gasteiger charge is -2.28. The van der Waals surface area contributed by atoms with Crippen molar-refractivity contribution in [3.63, 3.8) is 0 Å². The summed E-state index contributed by atoms with van der Waals surface area (Å²) in [7, 11) is 0. The number of ether oxygens (including phenoxy) is 2. The Hall–Kier alpha value is -1.53. The van der Waals surface area contributed by atoms with Crippen LogP contribution in [0.3, 0.4) is 0 Å². The first kappa shape index (κ1) is 18.8. The third kappa shape index (κ3) is 5.83. The molecule has 1 aromatic heterocycles. The minimum Gasteiger partial charge on any atom is -0.488 e. The van der Waals surface area contributed by atoms with Crippen molar-refractivity contribution < 1.29 is 13.9 Å². The average molecular weight is 350 g/mol. The second kappa shape index (κ2) is 7.57. The Bertz CT molecular complexity index is 645. The lowest BCUT2D eigenvalue weighted by molar-refractivity contribution is -0.0292. The minimum atomic E-state index is -0.302. The van der Waals surface area contributed by atoms with Crippen LogP contribution in [-0.2, 0) is 4.74 Å². The highest BCUT2D eigenvalue weighted by atomic mass is 32.2. The Labute approximate surface area is 148 Å². The molecule has 2 rings (SSSR count). The number of rotatable bonds is 7. The predicted molar refractivity (Wildman–Crippen MR) is 96.5 cm³/mol. The maximum Gasteiger partial charge on any atom is 0.276 e. The molecule has 0 unspecified atom stereocenters. The summed E-state index contributed by atoms with van der Waals surface area (Å²) < 4.78 is 17.4. The van der Waals surface area contributed by atoms with Gasteiger partial charge in [-0.2, -0.15) is 0 Å². The second-order valence-electron chi connectivity index (χ2n) is 7.17. The van der Waals surface area contributed by atoms with Crippen LogP contribution in [0.4, 0.5) is 0 Å². The van der Waals surface area contributed by atoms with E-state index in [2.05, 4.69) is 44.8 Å². The molecule has 5 nitrogen and oxygen atoms in total. The predicted octanol–water partition coefficient (Wildman–Crippen LogP) is 4.82. The molecule has 0 saturated carbocycles. The van der Waals surface area contributed by atoms with Crippen molar-refractivity contribution in [3.8, 4) is 17.2 Å². The molecule has 0 radical (unpaired) electrons. The molecule has 132 valence electrons. The van der Waals surface area contributed by atoms with Crippen LogP contribution in [0.2, 0.25) is 0 Å². The van der Waals surface area contributed by atoms with Gasteiger partial charge in [0.05, 0.1) is 12.2 Å². The summed E-state index contributed by atoms with van der Waals surface area (Å²) in [4.78, 5) is 0. The van der Waals surface area contributed by atoms with E-state index in [1.165, 1.54) is 11.8 Å². The van der Waals surface area contributed by atoms with Gasteiger partial charge in [0.15, 0.2) is 0 Å². The van der Waals surface area contributed by atoms with Gasteiger partial charge in [-0.1, -0.05) is 11.8 Å². The summed E-state index contributed by atoms with van der Waals surface area (Å²) in [5, 5.41) is 8.54. The van der Waals surface area contributed by atoms with Crippen LogP contribution in [0.1, 0.15) is 41.0 Å². The number of thioether (sulfide) groups is 1. The molecule has 0 atom stereocenters. The normalized spacial score (nSPS) is 12.4. The molecule has 0 saturated heterocycles. The van der Waals surface area contributed by atoms with Crippen LogP contribution in [0.25, 0.3) is 11.5 Å². The highest BCUT2D eigenvalue weighted by molar-refractivity contribution is 7.98. The van der Waals surface area contributed by atoms with Crippen LogP contribution in [-0.4, -0.2) is 34.3 Å². The fourth-order valence-electron chi connectivity index (χ4n) is 2.05. The number of aromatic nitrogens is 2. The van der Waals surface area contributed by atoms with Gasteiger partial charge in [-0.3, -0.25) is 0 Å². The number of nitrogens with zero attached hydrogens (tertiary/aromatic N) is 2. The zero-order valence-electron chi connectivity index (χ0n) is 15.3. The van der Waals surface area contributed by atoms with Crippen LogP contribution >= 0.6 is 11.8 Å². The summed E-state index contributed by atoms with van der Waals surface area (Å²) in [6.45, 7) is 11.0.